The van der Waals surface area contributed by atoms with Crippen molar-refractivity contribution in [2.45, 2.75) is 16.2 Å². The maximum absolute atomic E-state index is 6.20. The van der Waals surface area contributed by atoms with Gasteiger partial charge in [0.2, 0.25) is 5.96 Å². The van der Waals surface area contributed by atoms with E-state index in [9.17, 15) is 0 Å². The molecular formula is C30H28N6S. The Morgan fingerprint density at radius 2 is 1.46 bits per heavy atom. The first-order valence-corrected chi connectivity index (χ1v) is 12.9. The number of para-hydroxylation sites is 1. The molecule has 0 bridgehead atoms. The Hall–Kier alpha value is -4.49. The number of nitrogen functional groups attached to an aromatic ring is 1. The molecule has 2 unspecified atom stereocenters. The predicted molar refractivity (Wildman–Crippen MR) is 154 cm³/mol. The number of anilines is 1. The molecule has 0 fully saturated rings. The van der Waals surface area contributed by atoms with Crippen LogP contribution in [0.5, 0.6) is 0 Å². The summed E-state index contributed by atoms with van der Waals surface area (Å²) in [5.41, 5.74) is 20.5. The van der Waals surface area contributed by atoms with Gasteiger partial charge in [0, 0.05) is 22.3 Å². The van der Waals surface area contributed by atoms with Crippen LogP contribution in [0.2, 0.25) is 0 Å². The molecule has 5 rings (SSSR count). The summed E-state index contributed by atoms with van der Waals surface area (Å²) in [4.78, 5) is 5.95. The van der Waals surface area contributed by atoms with Gasteiger partial charge in [0.25, 0.3) is 0 Å². The first kappa shape index (κ1) is 24.2. The van der Waals surface area contributed by atoms with E-state index in [1.165, 1.54) is 5.56 Å². The summed E-state index contributed by atoms with van der Waals surface area (Å²) in [7, 11) is 0. The molecule has 5 N–H and O–H groups in total. The highest BCUT2D eigenvalue weighted by atomic mass is 32.2. The van der Waals surface area contributed by atoms with Crippen LogP contribution in [0.3, 0.4) is 0 Å². The number of nitrogens with zero attached hydrogens (tertiary/aromatic N) is 2. The summed E-state index contributed by atoms with van der Waals surface area (Å²) in [6.45, 7) is 0. The molecule has 7 heteroatoms. The lowest BCUT2D eigenvalue weighted by Gasteiger charge is -2.23. The van der Waals surface area contributed by atoms with E-state index < -0.39 is 0 Å². The number of nitrogens with two attached hydrogens (primary N) is 1. The van der Waals surface area contributed by atoms with Crippen LogP contribution in [-0.4, -0.2) is 11.7 Å². The second kappa shape index (κ2) is 12.0. The average Bonchev–Trinajstić information content (AvgIpc) is 2.97. The van der Waals surface area contributed by atoms with Gasteiger partial charge in [-0.3, -0.25) is 5.43 Å². The van der Waals surface area contributed by atoms with Crippen molar-refractivity contribution in [1.29, 1.82) is 0 Å². The minimum Gasteiger partial charge on any atom is -0.398 e. The number of nitrogens with one attached hydrogen (secondary N) is 3. The predicted octanol–water partition coefficient (Wildman–Crippen LogP) is 5.81. The highest BCUT2D eigenvalue weighted by Gasteiger charge is 2.23. The summed E-state index contributed by atoms with van der Waals surface area (Å²) < 4.78 is 0. The molecule has 0 amide bonds. The van der Waals surface area contributed by atoms with Gasteiger partial charge in [-0.05, 0) is 29.3 Å². The number of hydrazine groups is 1. The van der Waals surface area contributed by atoms with Crippen LogP contribution in [0.1, 0.15) is 28.0 Å². The minimum absolute atomic E-state index is 0.0706. The van der Waals surface area contributed by atoms with Gasteiger partial charge in [0.1, 0.15) is 6.04 Å². The van der Waals surface area contributed by atoms with E-state index in [-0.39, 0.29) is 11.3 Å². The summed E-state index contributed by atoms with van der Waals surface area (Å²) in [5.74, 6) is 0.536. The van der Waals surface area contributed by atoms with Gasteiger partial charge < -0.3 is 11.2 Å². The maximum atomic E-state index is 6.20. The number of guanidine groups is 1. The van der Waals surface area contributed by atoms with Gasteiger partial charge in [-0.1, -0.05) is 103 Å². The molecule has 37 heavy (non-hydrogen) atoms. The monoisotopic (exact) mass is 504 g/mol. The molecule has 0 radical (unpaired) electrons. The van der Waals surface area contributed by atoms with Crippen molar-refractivity contribution in [3.8, 4) is 0 Å². The van der Waals surface area contributed by atoms with E-state index in [0.29, 0.717) is 5.96 Å². The summed E-state index contributed by atoms with van der Waals surface area (Å²) in [6, 6.07) is 38.3. The number of hydrogen-bond donors (Lipinski definition) is 4. The van der Waals surface area contributed by atoms with Crippen LogP contribution in [0, 0.1) is 0 Å². The number of hydrogen-bond acceptors (Lipinski definition) is 7. The normalized spacial score (nSPS) is 15.8. The second-order valence-electron chi connectivity index (χ2n) is 8.38. The number of benzene rings is 4. The zero-order valence-electron chi connectivity index (χ0n) is 20.2. The minimum atomic E-state index is -0.230. The van der Waals surface area contributed by atoms with Crippen LogP contribution < -0.4 is 22.0 Å². The fraction of sp³-hybridized carbons (Fsp3) is 0.0667. The van der Waals surface area contributed by atoms with E-state index >= 15 is 0 Å². The first-order valence-electron chi connectivity index (χ1n) is 12.0. The third kappa shape index (κ3) is 6.20. The number of hydrazone groups is 1. The Bertz CT molecular complexity index is 1390. The third-order valence-electron chi connectivity index (χ3n) is 5.83. The van der Waals surface area contributed by atoms with E-state index in [2.05, 4.69) is 51.7 Å². The average molecular weight is 505 g/mol. The van der Waals surface area contributed by atoms with E-state index in [1.807, 2.05) is 97.2 Å². The van der Waals surface area contributed by atoms with E-state index in [0.717, 1.165) is 27.4 Å². The van der Waals surface area contributed by atoms with Crippen LogP contribution in [0.4, 0.5) is 5.69 Å². The summed E-state index contributed by atoms with van der Waals surface area (Å²) in [6.07, 6.45) is 3.97. The molecule has 1 aliphatic heterocycles. The fourth-order valence-electron chi connectivity index (χ4n) is 3.98. The van der Waals surface area contributed by atoms with Crippen LogP contribution in [0.25, 0.3) is 0 Å². The highest BCUT2D eigenvalue weighted by Crippen LogP contribution is 2.38. The Labute approximate surface area is 221 Å². The first-order chi connectivity index (χ1) is 18.3. The SMILES string of the molecule is Nc1ccccc1SC(/C=C/NNC1=NC(c2ccccc2)C(c2ccccc2)=NN1)c1ccccc1. The molecule has 4 aromatic rings. The maximum Gasteiger partial charge on any atom is 0.232 e. The molecule has 184 valence electrons. The lowest BCUT2D eigenvalue weighted by molar-refractivity contribution is 0.735. The number of thioether (sulfide) groups is 1. The Kier molecular flexibility index (Phi) is 7.83. The van der Waals surface area contributed by atoms with Crippen molar-refractivity contribution in [2.75, 3.05) is 5.73 Å². The Balaban J connectivity index is 1.30. The quantitative estimate of drug-likeness (QED) is 0.138. The molecule has 1 aliphatic rings. The van der Waals surface area contributed by atoms with E-state index in [4.69, 9.17) is 10.7 Å². The second-order valence-corrected chi connectivity index (χ2v) is 9.56. The molecule has 0 aromatic heterocycles. The van der Waals surface area contributed by atoms with Gasteiger partial charge in [-0.2, -0.15) is 5.10 Å². The zero-order chi connectivity index (χ0) is 25.3. The van der Waals surface area contributed by atoms with Gasteiger partial charge in [0.05, 0.1) is 11.0 Å². The molecule has 0 spiro atoms. The van der Waals surface area contributed by atoms with Gasteiger partial charge in [-0.15, -0.1) is 11.8 Å². The topological polar surface area (TPSA) is 86.8 Å². The Morgan fingerprint density at radius 1 is 0.811 bits per heavy atom. The lowest BCUT2D eigenvalue weighted by Crippen LogP contribution is -2.44. The van der Waals surface area contributed by atoms with Gasteiger partial charge in [-0.25, -0.2) is 10.4 Å². The molecule has 1 heterocycles. The van der Waals surface area contributed by atoms with Crippen molar-refractivity contribution in [3.05, 3.63) is 144 Å². The molecule has 0 aliphatic carbocycles. The van der Waals surface area contributed by atoms with Crippen molar-refractivity contribution in [2.24, 2.45) is 10.1 Å². The van der Waals surface area contributed by atoms with Crippen molar-refractivity contribution >= 4 is 29.1 Å². The molecule has 0 saturated carbocycles. The number of rotatable bonds is 8. The van der Waals surface area contributed by atoms with Crippen LogP contribution in [0.15, 0.2) is 143 Å². The molecule has 4 aromatic carbocycles. The third-order valence-corrected chi connectivity index (χ3v) is 7.14. The fourth-order valence-corrected chi connectivity index (χ4v) is 5.07. The van der Waals surface area contributed by atoms with Gasteiger partial charge in [0.15, 0.2) is 0 Å². The van der Waals surface area contributed by atoms with Crippen molar-refractivity contribution < 1.29 is 0 Å². The van der Waals surface area contributed by atoms with Crippen LogP contribution in [-0.2, 0) is 0 Å². The molecule has 0 saturated heterocycles. The lowest BCUT2D eigenvalue weighted by atomic mass is 9.97. The molecule has 6 nitrogen and oxygen atoms in total. The van der Waals surface area contributed by atoms with Crippen LogP contribution >= 0.6 is 11.8 Å². The smallest absolute Gasteiger partial charge is 0.232 e. The van der Waals surface area contributed by atoms with E-state index in [1.54, 1.807) is 11.8 Å². The molecular weight excluding hydrogens is 476 g/mol. The Morgan fingerprint density at radius 3 is 2.19 bits per heavy atom. The largest absolute Gasteiger partial charge is 0.398 e. The standard InChI is InChI=1S/C30H28N6S/c31-25-18-10-11-19-27(25)37-26(22-12-4-1-5-13-22)20-21-32-35-30-33-28(23-14-6-2-7-15-23)29(34-36-30)24-16-8-3-9-17-24/h1-21,26,28,32H,31H2,(H2,33,35,36)/b21-20+. The summed E-state index contributed by atoms with van der Waals surface area (Å²) in [5, 5.41) is 4.73. The van der Waals surface area contributed by atoms with Crippen molar-refractivity contribution in [1.82, 2.24) is 16.3 Å². The summed E-state index contributed by atoms with van der Waals surface area (Å²) >= 11 is 1.70. The number of aliphatic imine (C=N–C) groups is 1. The van der Waals surface area contributed by atoms with Crippen molar-refractivity contribution in [3.63, 3.8) is 0 Å². The highest BCUT2D eigenvalue weighted by molar-refractivity contribution is 7.99. The zero-order valence-corrected chi connectivity index (χ0v) is 21.0. The molecule has 2 atom stereocenters. The van der Waals surface area contributed by atoms with Gasteiger partial charge >= 0.3 is 0 Å².